The molecule has 7 heteroatoms. The van der Waals surface area contributed by atoms with Crippen LogP contribution in [-0.4, -0.2) is 29.1 Å². The molecule has 0 spiro atoms. The Morgan fingerprint density at radius 1 is 1.16 bits per heavy atom. The van der Waals surface area contributed by atoms with E-state index in [4.69, 9.17) is 17.0 Å². The van der Waals surface area contributed by atoms with Crippen LogP contribution in [0.5, 0.6) is 11.5 Å². The van der Waals surface area contributed by atoms with Gasteiger partial charge in [0, 0.05) is 0 Å². The number of anilines is 1. The summed E-state index contributed by atoms with van der Waals surface area (Å²) in [5.41, 5.74) is 0.966. The summed E-state index contributed by atoms with van der Waals surface area (Å²) in [7, 11) is 1.54. The third-order valence-corrected chi connectivity index (χ3v) is 3.90. The predicted molar refractivity (Wildman–Crippen MR) is 97.3 cm³/mol. The number of carbonyl (C=O) groups is 2. The molecule has 2 N–H and O–H groups in total. The molecule has 1 saturated heterocycles. The van der Waals surface area contributed by atoms with Gasteiger partial charge in [0.2, 0.25) is 0 Å². The maximum atomic E-state index is 12.8. The van der Waals surface area contributed by atoms with Crippen LogP contribution in [0.1, 0.15) is 5.56 Å². The highest BCUT2D eigenvalue weighted by atomic mass is 32.1. The Balaban J connectivity index is 1.99. The second kappa shape index (κ2) is 6.74. The molecule has 3 rings (SSSR count). The van der Waals surface area contributed by atoms with Crippen LogP contribution in [0.4, 0.5) is 5.69 Å². The third-order valence-electron chi connectivity index (χ3n) is 3.61. The number of amides is 2. The first-order chi connectivity index (χ1) is 12.0. The first-order valence-electron chi connectivity index (χ1n) is 7.34. The molecule has 2 aromatic rings. The zero-order valence-corrected chi connectivity index (χ0v) is 14.0. The van der Waals surface area contributed by atoms with E-state index in [2.05, 4.69) is 5.32 Å². The van der Waals surface area contributed by atoms with Gasteiger partial charge in [-0.2, -0.15) is 0 Å². The lowest BCUT2D eigenvalue weighted by Crippen LogP contribution is -2.54. The number of carbonyl (C=O) groups excluding carboxylic acids is 2. The number of benzene rings is 2. The van der Waals surface area contributed by atoms with Crippen molar-refractivity contribution in [1.29, 1.82) is 0 Å². The first-order valence-corrected chi connectivity index (χ1v) is 7.75. The van der Waals surface area contributed by atoms with Crippen LogP contribution in [0, 0.1) is 0 Å². The van der Waals surface area contributed by atoms with Gasteiger partial charge in [-0.25, -0.2) is 0 Å². The minimum Gasteiger partial charge on any atom is -0.508 e. The molecule has 1 aliphatic rings. The summed E-state index contributed by atoms with van der Waals surface area (Å²) in [6, 6.07) is 13.0. The Labute approximate surface area is 149 Å². The minimum atomic E-state index is -0.580. The van der Waals surface area contributed by atoms with E-state index in [1.54, 1.807) is 43.5 Å². The van der Waals surface area contributed by atoms with E-state index < -0.39 is 11.8 Å². The Bertz CT molecular complexity index is 890. The van der Waals surface area contributed by atoms with Gasteiger partial charge in [-0.05, 0) is 60.3 Å². The highest BCUT2D eigenvalue weighted by Crippen LogP contribution is 2.24. The monoisotopic (exact) mass is 354 g/mol. The molecule has 25 heavy (non-hydrogen) atoms. The summed E-state index contributed by atoms with van der Waals surface area (Å²) in [6.45, 7) is 0. The Morgan fingerprint density at radius 2 is 1.88 bits per heavy atom. The average molecular weight is 354 g/mol. The number of ether oxygens (including phenoxy) is 1. The van der Waals surface area contributed by atoms with Crippen LogP contribution in [0.2, 0.25) is 0 Å². The van der Waals surface area contributed by atoms with Gasteiger partial charge in [-0.1, -0.05) is 12.1 Å². The number of methoxy groups -OCH3 is 1. The SMILES string of the molecule is COc1ccc(N2C(=O)/C(=C\c3cccc(O)c3)C(=O)NC2=S)cc1. The van der Waals surface area contributed by atoms with Crippen LogP contribution in [0.15, 0.2) is 54.1 Å². The number of hydrogen-bond acceptors (Lipinski definition) is 5. The summed E-state index contributed by atoms with van der Waals surface area (Å²) < 4.78 is 5.10. The Kier molecular flexibility index (Phi) is 4.49. The summed E-state index contributed by atoms with van der Waals surface area (Å²) in [5, 5.41) is 12.1. The highest BCUT2D eigenvalue weighted by molar-refractivity contribution is 7.80. The van der Waals surface area contributed by atoms with Crippen molar-refractivity contribution in [3.63, 3.8) is 0 Å². The standard InChI is InChI=1S/C18H14N2O4S/c1-24-14-7-5-12(6-8-14)20-17(23)15(16(22)19-18(20)25)10-11-3-2-4-13(21)9-11/h2-10,21H,1H3,(H,19,22,25)/b15-10-. The van der Waals surface area contributed by atoms with Gasteiger partial charge in [0.05, 0.1) is 12.8 Å². The van der Waals surface area contributed by atoms with E-state index in [9.17, 15) is 14.7 Å². The molecule has 0 aliphatic carbocycles. The van der Waals surface area contributed by atoms with Crippen molar-refractivity contribution in [2.24, 2.45) is 0 Å². The van der Waals surface area contributed by atoms with Crippen molar-refractivity contribution < 1.29 is 19.4 Å². The Morgan fingerprint density at radius 3 is 2.52 bits per heavy atom. The molecule has 0 saturated carbocycles. The molecule has 0 bridgehead atoms. The van der Waals surface area contributed by atoms with Gasteiger partial charge in [0.25, 0.3) is 11.8 Å². The molecule has 126 valence electrons. The van der Waals surface area contributed by atoms with Crippen LogP contribution in [-0.2, 0) is 9.59 Å². The normalized spacial score (nSPS) is 16.1. The van der Waals surface area contributed by atoms with Crippen LogP contribution in [0.25, 0.3) is 6.08 Å². The molecule has 0 aromatic heterocycles. The molecule has 0 unspecified atom stereocenters. The summed E-state index contributed by atoms with van der Waals surface area (Å²) in [6.07, 6.45) is 1.41. The van der Waals surface area contributed by atoms with Gasteiger partial charge < -0.3 is 9.84 Å². The van der Waals surface area contributed by atoms with Crippen LogP contribution >= 0.6 is 12.2 Å². The van der Waals surface area contributed by atoms with E-state index in [1.807, 2.05) is 0 Å². The van der Waals surface area contributed by atoms with Crippen LogP contribution < -0.4 is 15.0 Å². The molecular weight excluding hydrogens is 340 g/mol. The smallest absolute Gasteiger partial charge is 0.270 e. The third kappa shape index (κ3) is 3.36. The predicted octanol–water partition coefficient (Wildman–Crippen LogP) is 2.23. The number of nitrogens with zero attached hydrogens (tertiary/aromatic N) is 1. The summed E-state index contributed by atoms with van der Waals surface area (Å²) >= 11 is 5.14. The molecule has 1 fully saturated rings. The van der Waals surface area contributed by atoms with E-state index >= 15 is 0 Å². The lowest BCUT2D eigenvalue weighted by atomic mass is 10.1. The van der Waals surface area contributed by atoms with Crippen LogP contribution in [0.3, 0.4) is 0 Å². The largest absolute Gasteiger partial charge is 0.508 e. The highest BCUT2D eigenvalue weighted by Gasteiger charge is 2.34. The maximum Gasteiger partial charge on any atom is 0.270 e. The Hall–Kier alpha value is -3.19. The zero-order valence-electron chi connectivity index (χ0n) is 13.2. The van der Waals surface area contributed by atoms with Crippen molar-refractivity contribution in [3.8, 4) is 11.5 Å². The number of nitrogens with one attached hydrogen (secondary N) is 1. The van der Waals surface area contributed by atoms with Gasteiger partial charge in [0.15, 0.2) is 5.11 Å². The summed E-state index contributed by atoms with van der Waals surface area (Å²) in [5.74, 6) is -0.440. The lowest BCUT2D eigenvalue weighted by Gasteiger charge is -2.29. The molecule has 1 heterocycles. The molecule has 2 aromatic carbocycles. The number of phenols is 1. The number of rotatable bonds is 3. The summed E-state index contributed by atoms with van der Waals surface area (Å²) in [4.78, 5) is 26.2. The fraction of sp³-hybridized carbons (Fsp3) is 0.0556. The van der Waals surface area contributed by atoms with Gasteiger partial charge in [-0.15, -0.1) is 0 Å². The van der Waals surface area contributed by atoms with Crippen molar-refractivity contribution >= 4 is 40.9 Å². The van der Waals surface area contributed by atoms with E-state index in [0.29, 0.717) is 17.0 Å². The fourth-order valence-electron chi connectivity index (χ4n) is 2.40. The quantitative estimate of drug-likeness (QED) is 0.502. The first kappa shape index (κ1) is 16.7. The molecule has 1 aliphatic heterocycles. The van der Waals surface area contributed by atoms with Crippen molar-refractivity contribution in [2.75, 3.05) is 12.0 Å². The van der Waals surface area contributed by atoms with Gasteiger partial charge >= 0.3 is 0 Å². The average Bonchev–Trinajstić information content (AvgIpc) is 2.59. The van der Waals surface area contributed by atoms with E-state index in [-0.39, 0.29) is 16.4 Å². The number of aromatic hydroxyl groups is 1. The van der Waals surface area contributed by atoms with Gasteiger partial charge in [-0.3, -0.25) is 19.8 Å². The van der Waals surface area contributed by atoms with E-state index in [0.717, 1.165) is 0 Å². The second-order valence-corrected chi connectivity index (χ2v) is 5.64. The molecule has 0 radical (unpaired) electrons. The molecule has 6 nitrogen and oxygen atoms in total. The molecule has 0 atom stereocenters. The second-order valence-electron chi connectivity index (χ2n) is 5.25. The van der Waals surface area contributed by atoms with Gasteiger partial charge in [0.1, 0.15) is 17.1 Å². The number of phenolic OH excluding ortho intramolecular Hbond substituents is 1. The molecule has 2 amide bonds. The molecular formula is C18H14N2O4S. The minimum absolute atomic E-state index is 0.00762. The topological polar surface area (TPSA) is 78.9 Å². The fourth-order valence-corrected chi connectivity index (χ4v) is 2.69. The van der Waals surface area contributed by atoms with Crippen molar-refractivity contribution in [2.45, 2.75) is 0 Å². The maximum absolute atomic E-state index is 12.8. The number of hydrogen-bond donors (Lipinski definition) is 2. The lowest BCUT2D eigenvalue weighted by molar-refractivity contribution is -0.122. The number of thiocarbonyl (C=S) groups is 1. The van der Waals surface area contributed by atoms with E-state index in [1.165, 1.54) is 23.1 Å². The van der Waals surface area contributed by atoms with Crippen molar-refractivity contribution in [1.82, 2.24) is 5.32 Å². The zero-order chi connectivity index (χ0) is 18.0. The van der Waals surface area contributed by atoms with Crippen molar-refractivity contribution in [3.05, 3.63) is 59.7 Å².